The molecule has 3 aliphatic rings. The van der Waals surface area contributed by atoms with E-state index in [1.165, 1.54) is 0 Å². The molecule has 3 saturated heterocycles. The lowest BCUT2D eigenvalue weighted by Gasteiger charge is -2.38. The van der Waals surface area contributed by atoms with Crippen LogP contribution in [0.5, 0.6) is 0 Å². The second-order valence-corrected chi connectivity index (χ2v) is 8.82. The van der Waals surface area contributed by atoms with E-state index in [0.29, 0.717) is 29.6 Å². The van der Waals surface area contributed by atoms with Gasteiger partial charge in [0, 0.05) is 42.8 Å². The van der Waals surface area contributed by atoms with Crippen LogP contribution < -0.4 is 0 Å². The van der Waals surface area contributed by atoms with Crippen LogP contribution >= 0.6 is 11.6 Å². The van der Waals surface area contributed by atoms with Gasteiger partial charge < -0.3 is 9.80 Å². The Morgan fingerprint density at radius 3 is 2.36 bits per heavy atom. The zero-order chi connectivity index (χ0) is 19.7. The Labute approximate surface area is 172 Å². The molecule has 0 aliphatic carbocycles. The summed E-state index contributed by atoms with van der Waals surface area (Å²) in [7, 11) is 0. The van der Waals surface area contributed by atoms with E-state index in [0.717, 1.165) is 58.3 Å². The van der Waals surface area contributed by atoms with Gasteiger partial charge in [0.15, 0.2) is 0 Å². The number of hydrogen-bond donors (Lipinski definition) is 0. The molecule has 0 bridgehead atoms. The first kappa shape index (κ1) is 19.7. The zero-order valence-corrected chi connectivity index (χ0v) is 17.5. The van der Waals surface area contributed by atoms with Gasteiger partial charge in [-0.25, -0.2) is 0 Å². The summed E-state index contributed by atoms with van der Waals surface area (Å²) in [5.74, 6) is 0.384. The summed E-state index contributed by atoms with van der Waals surface area (Å²) in [5.41, 5.74) is 0.346. The van der Waals surface area contributed by atoms with Crippen molar-refractivity contribution in [2.24, 2.45) is 5.41 Å². The second kappa shape index (κ2) is 8.03. The van der Waals surface area contributed by atoms with Crippen LogP contribution in [-0.4, -0.2) is 71.8 Å². The van der Waals surface area contributed by atoms with Crippen molar-refractivity contribution in [2.45, 2.75) is 45.1 Å². The first-order chi connectivity index (χ1) is 13.5. The summed E-state index contributed by atoms with van der Waals surface area (Å²) < 4.78 is 0. The quantitative estimate of drug-likeness (QED) is 0.777. The monoisotopic (exact) mass is 403 g/mol. The van der Waals surface area contributed by atoms with Gasteiger partial charge in [0.2, 0.25) is 5.91 Å². The van der Waals surface area contributed by atoms with E-state index in [4.69, 9.17) is 11.6 Å². The molecule has 0 N–H and O–H groups in total. The van der Waals surface area contributed by atoms with Crippen LogP contribution in [0.2, 0.25) is 5.02 Å². The molecule has 2 amide bonds. The van der Waals surface area contributed by atoms with Crippen LogP contribution in [0.25, 0.3) is 0 Å². The van der Waals surface area contributed by atoms with Crippen LogP contribution in [0.4, 0.5) is 0 Å². The number of fused-ring (bicyclic) bond motifs is 1. The van der Waals surface area contributed by atoms with Crippen molar-refractivity contribution in [3.8, 4) is 0 Å². The number of hydrogen-bond acceptors (Lipinski definition) is 3. The molecule has 152 valence electrons. The Bertz CT molecular complexity index is 732. The molecule has 3 heterocycles. The van der Waals surface area contributed by atoms with Gasteiger partial charge in [0.1, 0.15) is 0 Å². The molecule has 3 aliphatic heterocycles. The minimum absolute atomic E-state index is 0.0449. The van der Waals surface area contributed by atoms with Gasteiger partial charge in [0.25, 0.3) is 5.91 Å². The normalized spacial score (nSPS) is 28.3. The summed E-state index contributed by atoms with van der Waals surface area (Å²) in [6.07, 6.45) is 4.79. The van der Waals surface area contributed by atoms with Crippen molar-refractivity contribution < 1.29 is 9.59 Å². The van der Waals surface area contributed by atoms with Crippen molar-refractivity contribution in [3.05, 3.63) is 34.9 Å². The van der Waals surface area contributed by atoms with Gasteiger partial charge in [-0.3, -0.25) is 14.5 Å². The molecule has 28 heavy (non-hydrogen) atoms. The number of likely N-dealkylation sites (tertiary alicyclic amines) is 3. The number of nitrogens with zero attached hydrogens (tertiary/aromatic N) is 3. The highest BCUT2D eigenvalue weighted by molar-refractivity contribution is 6.30. The SMILES string of the molecule is CCN1CC[C@@]2(C(=O)N3CCCC3)CCN(C(=O)c3ccc(Cl)cc3)CC[C@@H]12. The van der Waals surface area contributed by atoms with E-state index in [9.17, 15) is 9.59 Å². The Balaban J connectivity index is 1.56. The molecule has 0 spiro atoms. The molecular weight excluding hydrogens is 374 g/mol. The van der Waals surface area contributed by atoms with Gasteiger partial charge >= 0.3 is 0 Å². The summed E-state index contributed by atoms with van der Waals surface area (Å²) in [4.78, 5) is 33.1. The topological polar surface area (TPSA) is 43.9 Å². The maximum absolute atomic E-state index is 13.6. The van der Waals surface area contributed by atoms with E-state index >= 15 is 0 Å². The summed E-state index contributed by atoms with van der Waals surface area (Å²) >= 11 is 5.97. The number of rotatable bonds is 3. The summed E-state index contributed by atoms with van der Waals surface area (Å²) in [6, 6.07) is 7.35. The summed E-state index contributed by atoms with van der Waals surface area (Å²) in [6.45, 7) is 7.28. The lowest BCUT2D eigenvalue weighted by Crippen LogP contribution is -2.50. The molecule has 1 aromatic carbocycles. The van der Waals surface area contributed by atoms with Crippen LogP contribution in [0.15, 0.2) is 24.3 Å². The van der Waals surface area contributed by atoms with E-state index in [-0.39, 0.29) is 17.4 Å². The maximum Gasteiger partial charge on any atom is 0.253 e. The summed E-state index contributed by atoms with van der Waals surface area (Å²) in [5, 5.41) is 0.635. The first-order valence-electron chi connectivity index (χ1n) is 10.6. The Morgan fingerprint density at radius 1 is 1.00 bits per heavy atom. The predicted molar refractivity (Wildman–Crippen MR) is 110 cm³/mol. The van der Waals surface area contributed by atoms with Crippen LogP contribution in [0.1, 0.15) is 49.4 Å². The minimum Gasteiger partial charge on any atom is -0.342 e. The van der Waals surface area contributed by atoms with E-state index < -0.39 is 0 Å². The molecule has 6 heteroatoms. The highest BCUT2D eigenvalue weighted by Crippen LogP contribution is 2.45. The number of benzene rings is 1. The van der Waals surface area contributed by atoms with Gasteiger partial charge in [0.05, 0.1) is 5.41 Å². The molecule has 3 fully saturated rings. The van der Waals surface area contributed by atoms with Gasteiger partial charge in [-0.2, -0.15) is 0 Å². The third kappa shape index (κ3) is 3.43. The minimum atomic E-state index is -0.324. The van der Waals surface area contributed by atoms with E-state index in [1.54, 1.807) is 24.3 Å². The molecule has 0 radical (unpaired) electrons. The molecule has 0 unspecified atom stereocenters. The van der Waals surface area contributed by atoms with Crippen molar-refractivity contribution in [3.63, 3.8) is 0 Å². The van der Waals surface area contributed by atoms with Crippen molar-refractivity contribution in [1.82, 2.24) is 14.7 Å². The maximum atomic E-state index is 13.6. The fraction of sp³-hybridized carbons (Fsp3) is 0.636. The average Bonchev–Trinajstić information content (AvgIpc) is 3.32. The van der Waals surface area contributed by atoms with Crippen LogP contribution in [-0.2, 0) is 4.79 Å². The smallest absolute Gasteiger partial charge is 0.253 e. The highest BCUT2D eigenvalue weighted by Gasteiger charge is 2.54. The largest absolute Gasteiger partial charge is 0.342 e. The Kier molecular flexibility index (Phi) is 5.66. The number of halogens is 1. The van der Waals surface area contributed by atoms with Crippen LogP contribution in [0.3, 0.4) is 0 Å². The zero-order valence-electron chi connectivity index (χ0n) is 16.7. The fourth-order valence-corrected chi connectivity index (χ4v) is 5.56. The molecule has 0 aromatic heterocycles. The molecule has 5 nitrogen and oxygen atoms in total. The van der Waals surface area contributed by atoms with Crippen LogP contribution in [0, 0.1) is 5.41 Å². The molecule has 4 rings (SSSR count). The third-order valence-electron chi connectivity index (χ3n) is 7.03. The van der Waals surface area contributed by atoms with Crippen molar-refractivity contribution in [1.29, 1.82) is 0 Å². The lowest BCUT2D eigenvalue weighted by molar-refractivity contribution is -0.143. The van der Waals surface area contributed by atoms with Gasteiger partial charge in [-0.15, -0.1) is 0 Å². The number of amides is 2. The molecule has 0 saturated carbocycles. The standard InChI is InChI=1S/C22H30ClN3O2/c1-2-24-15-10-22(21(28)26-12-3-4-13-26)11-16-25(14-9-19(22)24)20(27)17-5-7-18(23)8-6-17/h5-8,19H,2-4,9-16H2,1H3/t19-,22-/m1/s1. The fourth-order valence-electron chi connectivity index (χ4n) is 5.44. The van der Waals surface area contributed by atoms with Gasteiger partial charge in [-0.1, -0.05) is 18.5 Å². The number of carbonyl (C=O) groups is 2. The number of carbonyl (C=O) groups excluding carboxylic acids is 2. The van der Waals surface area contributed by atoms with E-state index in [1.807, 2.05) is 4.90 Å². The first-order valence-corrected chi connectivity index (χ1v) is 11.0. The van der Waals surface area contributed by atoms with Crippen molar-refractivity contribution in [2.75, 3.05) is 39.3 Å². The molecule has 1 aromatic rings. The Hall–Kier alpha value is -1.59. The Morgan fingerprint density at radius 2 is 1.68 bits per heavy atom. The highest BCUT2D eigenvalue weighted by atomic mass is 35.5. The van der Waals surface area contributed by atoms with Gasteiger partial charge in [-0.05, 0) is 69.5 Å². The van der Waals surface area contributed by atoms with Crippen molar-refractivity contribution >= 4 is 23.4 Å². The van der Waals surface area contributed by atoms with E-state index in [2.05, 4.69) is 16.7 Å². The average molecular weight is 404 g/mol. The predicted octanol–water partition coefficient (Wildman–Crippen LogP) is 3.28. The lowest BCUT2D eigenvalue weighted by atomic mass is 9.75. The second-order valence-electron chi connectivity index (χ2n) is 8.39. The molecular formula is C22H30ClN3O2. The molecule has 2 atom stereocenters. The third-order valence-corrected chi connectivity index (χ3v) is 7.28.